The Morgan fingerprint density at radius 1 is 1.26 bits per heavy atom. The van der Waals surface area contributed by atoms with E-state index in [-0.39, 0.29) is 16.6 Å². The van der Waals surface area contributed by atoms with Crippen LogP contribution in [0.2, 0.25) is 10.0 Å². The Balaban J connectivity index is 1.81. The van der Waals surface area contributed by atoms with Crippen LogP contribution in [0.25, 0.3) is 10.9 Å². The molecular formula is C17H12Cl2N4O4. The van der Waals surface area contributed by atoms with Gasteiger partial charge >= 0.3 is 0 Å². The number of carbonyl (C=O) groups is 1. The molecule has 0 fully saturated rings. The maximum atomic E-state index is 12.4. The molecule has 3 rings (SSSR count). The zero-order chi connectivity index (χ0) is 19.6. The molecule has 0 aliphatic carbocycles. The Morgan fingerprint density at radius 2 is 2.04 bits per heavy atom. The summed E-state index contributed by atoms with van der Waals surface area (Å²) in [4.78, 5) is 30.8. The quantitative estimate of drug-likeness (QED) is 0.501. The molecule has 0 saturated carbocycles. The number of nitro groups is 1. The molecule has 0 saturated heterocycles. The summed E-state index contributed by atoms with van der Waals surface area (Å²) < 4.78 is 5.62. The minimum absolute atomic E-state index is 0.103. The van der Waals surface area contributed by atoms with E-state index in [9.17, 15) is 14.9 Å². The van der Waals surface area contributed by atoms with Crippen LogP contribution in [0.5, 0.6) is 5.88 Å². The van der Waals surface area contributed by atoms with Crippen LogP contribution in [0.1, 0.15) is 6.92 Å². The molecule has 0 spiro atoms. The highest BCUT2D eigenvalue weighted by molar-refractivity contribution is 6.44. The predicted molar refractivity (Wildman–Crippen MR) is 101 cm³/mol. The number of aromatic nitrogens is 2. The molecule has 1 heterocycles. The van der Waals surface area contributed by atoms with Gasteiger partial charge in [0.25, 0.3) is 11.6 Å². The molecule has 0 aliphatic heterocycles. The normalized spacial score (nSPS) is 11.8. The van der Waals surface area contributed by atoms with Gasteiger partial charge in [0.15, 0.2) is 6.10 Å². The Hall–Kier alpha value is -2.97. The van der Waals surface area contributed by atoms with Crippen LogP contribution < -0.4 is 10.1 Å². The largest absolute Gasteiger partial charge is 0.464 e. The molecule has 3 aromatic rings. The molecule has 8 nitrogen and oxygen atoms in total. The number of rotatable bonds is 5. The molecule has 0 aliphatic rings. The second-order valence-electron chi connectivity index (χ2n) is 5.49. The molecule has 1 N–H and O–H groups in total. The van der Waals surface area contributed by atoms with Crippen LogP contribution in [0.3, 0.4) is 0 Å². The third-order valence-electron chi connectivity index (χ3n) is 3.66. The average Bonchev–Trinajstić information content (AvgIpc) is 2.65. The van der Waals surface area contributed by atoms with Gasteiger partial charge in [0.1, 0.15) is 6.33 Å². The topological polar surface area (TPSA) is 107 Å². The Kier molecular flexibility index (Phi) is 5.38. The second-order valence-corrected chi connectivity index (χ2v) is 6.27. The highest BCUT2D eigenvalue weighted by Gasteiger charge is 2.19. The summed E-state index contributed by atoms with van der Waals surface area (Å²) >= 11 is 12.0. The zero-order valence-electron chi connectivity index (χ0n) is 13.8. The monoisotopic (exact) mass is 406 g/mol. The minimum Gasteiger partial charge on any atom is -0.464 e. The summed E-state index contributed by atoms with van der Waals surface area (Å²) in [6.45, 7) is 1.53. The number of benzene rings is 2. The number of hydrogen-bond donors (Lipinski definition) is 1. The molecule has 0 radical (unpaired) electrons. The van der Waals surface area contributed by atoms with Crippen molar-refractivity contribution in [2.75, 3.05) is 5.32 Å². The fourth-order valence-electron chi connectivity index (χ4n) is 2.28. The second kappa shape index (κ2) is 7.73. The van der Waals surface area contributed by atoms with Gasteiger partial charge in [-0.25, -0.2) is 9.97 Å². The lowest BCUT2D eigenvalue weighted by molar-refractivity contribution is -0.384. The first-order valence-corrected chi connectivity index (χ1v) is 8.43. The minimum atomic E-state index is -0.923. The number of amides is 1. The highest BCUT2D eigenvalue weighted by atomic mass is 35.5. The van der Waals surface area contributed by atoms with E-state index in [0.29, 0.717) is 21.6 Å². The van der Waals surface area contributed by atoms with Gasteiger partial charge in [-0.05, 0) is 25.1 Å². The molecule has 2 aromatic carbocycles. The van der Waals surface area contributed by atoms with Crippen molar-refractivity contribution in [1.29, 1.82) is 0 Å². The number of non-ortho nitro benzene ring substituents is 1. The van der Waals surface area contributed by atoms with Crippen LogP contribution in [0.15, 0.2) is 42.7 Å². The first kappa shape index (κ1) is 18.8. The van der Waals surface area contributed by atoms with Crippen LogP contribution in [0, 0.1) is 10.1 Å². The number of fused-ring (bicyclic) bond motifs is 1. The van der Waals surface area contributed by atoms with Gasteiger partial charge in [0.05, 0.1) is 31.6 Å². The number of halogens is 2. The molecular weight excluding hydrogens is 395 g/mol. The summed E-state index contributed by atoms with van der Waals surface area (Å²) in [6.07, 6.45) is 0.285. The van der Waals surface area contributed by atoms with Gasteiger partial charge in [0, 0.05) is 12.1 Å². The van der Waals surface area contributed by atoms with E-state index in [2.05, 4.69) is 15.3 Å². The van der Waals surface area contributed by atoms with Crippen molar-refractivity contribution >= 4 is 51.4 Å². The molecule has 0 unspecified atom stereocenters. The smallest absolute Gasteiger partial charge is 0.271 e. The van der Waals surface area contributed by atoms with Crippen molar-refractivity contribution in [3.05, 3.63) is 62.9 Å². The van der Waals surface area contributed by atoms with Crippen LogP contribution in [0.4, 0.5) is 11.4 Å². The van der Waals surface area contributed by atoms with E-state index in [4.69, 9.17) is 27.9 Å². The first-order valence-electron chi connectivity index (χ1n) is 7.67. The van der Waals surface area contributed by atoms with Crippen LogP contribution in [-0.4, -0.2) is 26.9 Å². The van der Waals surface area contributed by atoms with E-state index in [1.165, 1.54) is 31.5 Å². The van der Waals surface area contributed by atoms with Crippen molar-refractivity contribution in [3.8, 4) is 5.88 Å². The maximum Gasteiger partial charge on any atom is 0.271 e. The van der Waals surface area contributed by atoms with Crippen LogP contribution in [-0.2, 0) is 4.79 Å². The molecule has 138 valence electrons. The predicted octanol–water partition coefficient (Wildman–Crippen LogP) is 4.25. The van der Waals surface area contributed by atoms with Gasteiger partial charge < -0.3 is 10.1 Å². The third-order valence-corrected chi connectivity index (χ3v) is 4.48. The lowest BCUT2D eigenvalue weighted by Crippen LogP contribution is -2.30. The van der Waals surface area contributed by atoms with Crippen molar-refractivity contribution in [3.63, 3.8) is 0 Å². The lowest BCUT2D eigenvalue weighted by atomic mass is 10.2. The maximum absolute atomic E-state index is 12.4. The zero-order valence-corrected chi connectivity index (χ0v) is 15.4. The number of ether oxygens (including phenoxy) is 1. The lowest BCUT2D eigenvalue weighted by Gasteiger charge is -2.15. The number of carbonyl (C=O) groups excluding carboxylic acids is 1. The molecule has 0 bridgehead atoms. The number of nitro benzene ring substituents is 1. The Morgan fingerprint density at radius 3 is 2.78 bits per heavy atom. The molecule has 27 heavy (non-hydrogen) atoms. The summed E-state index contributed by atoms with van der Waals surface area (Å²) in [5.74, 6) is -0.331. The fourth-order valence-corrected chi connectivity index (χ4v) is 2.63. The fraction of sp³-hybridized carbons (Fsp3) is 0.118. The van der Waals surface area contributed by atoms with Crippen LogP contribution >= 0.6 is 23.2 Å². The standard InChI is InChI=1S/C17H12Cl2N4O4/c1-9(16(24)22-13-4-2-3-12(18)15(13)19)27-17-11-6-5-10(23(25)26)7-14(11)20-8-21-17/h2-9H,1H3,(H,22,24)/t9-/m1/s1. The van der Waals surface area contributed by atoms with Gasteiger partial charge in [-0.3, -0.25) is 14.9 Å². The number of nitrogens with one attached hydrogen (secondary N) is 1. The van der Waals surface area contributed by atoms with E-state index in [1.54, 1.807) is 18.2 Å². The van der Waals surface area contributed by atoms with Gasteiger partial charge in [-0.15, -0.1) is 0 Å². The molecule has 1 atom stereocenters. The first-order chi connectivity index (χ1) is 12.9. The Labute approximate surface area is 163 Å². The van der Waals surface area contributed by atoms with E-state index >= 15 is 0 Å². The third kappa shape index (κ3) is 4.07. The average molecular weight is 407 g/mol. The summed E-state index contributed by atoms with van der Waals surface area (Å²) in [6, 6.07) is 8.96. The van der Waals surface area contributed by atoms with Gasteiger partial charge in [0.2, 0.25) is 5.88 Å². The van der Waals surface area contributed by atoms with Crippen molar-refractivity contribution < 1.29 is 14.5 Å². The van der Waals surface area contributed by atoms with Crippen molar-refractivity contribution in [2.24, 2.45) is 0 Å². The summed E-state index contributed by atoms with van der Waals surface area (Å²) in [5, 5.41) is 14.5. The number of anilines is 1. The molecule has 1 amide bonds. The molecule has 1 aromatic heterocycles. The number of hydrogen-bond acceptors (Lipinski definition) is 6. The van der Waals surface area contributed by atoms with Gasteiger partial charge in [-0.1, -0.05) is 29.3 Å². The van der Waals surface area contributed by atoms with Gasteiger partial charge in [-0.2, -0.15) is 0 Å². The summed E-state index contributed by atoms with van der Waals surface area (Å²) in [7, 11) is 0. The molecule has 10 heteroatoms. The summed E-state index contributed by atoms with van der Waals surface area (Å²) in [5.41, 5.74) is 0.584. The Bertz CT molecular complexity index is 1040. The van der Waals surface area contributed by atoms with Crippen molar-refractivity contribution in [2.45, 2.75) is 13.0 Å². The van der Waals surface area contributed by atoms with Crippen molar-refractivity contribution in [1.82, 2.24) is 9.97 Å². The highest BCUT2D eigenvalue weighted by Crippen LogP contribution is 2.30. The van der Waals surface area contributed by atoms with E-state index in [0.717, 1.165) is 0 Å². The SMILES string of the molecule is C[C@@H](Oc1ncnc2cc([N+](=O)[O-])ccc12)C(=O)Nc1cccc(Cl)c1Cl. The number of nitrogens with zero attached hydrogens (tertiary/aromatic N) is 3. The van der Waals surface area contributed by atoms with E-state index in [1.807, 2.05) is 0 Å². The van der Waals surface area contributed by atoms with E-state index < -0.39 is 16.9 Å².